The molecule has 158 valence electrons. The van der Waals surface area contributed by atoms with Crippen molar-refractivity contribution in [3.63, 3.8) is 0 Å². The van der Waals surface area contributed by atoms with Crippen LogP contribution in [0, 0.1) is 0 Å². The fourth-order valence-electron chi connectivity index (χ4n) is 3.45. The van der Waals surface area contributed by atoms with Gasteiger partial charge in [-0.05, 0) is 55.4 Å². The van der Waals surface area contributed by atoms with Crippen molar-refractivity contribution in [2.45, 2.75) is 38.1 Å². The van der Waals surface area contributed by atoms with Gasteiger partial charge in [0.15, 0.2) is 5.11 Å². The number of halogens is 1. The SMILES string of the molecule is COc1ccccc1C(=O)NC(=S)Nc1ccc(Cl)c(C(=O)NC2CCCCC2)c1. The number of ether oxygens (including phenoxy) is 1. The van der Waals surface area contributed by atoms with Crippen LogP contribution in [0.1, 0.15) is 52.8 Å². The number of rotatable bonds is 5. The molecule has 2 aromatic carbocycles. The molecule has 2 amide bonds. The van der Waals surface area contributed by atoms with Gasteiger partial charge in [-0.25, -0.2) is 0 Å². The number of nitrogens with one attached hydrogen (secondary N) is 3. The molecular formula is C22H24ClN3O3S. The largest absolute Gasteiger partial charge is 0.496 e. The predicted octanol–water partition coefficient (Wildman–Crippen LogP) is 4.54. The molecular weight excluding hydrogens is 422 g/mol. The molecule has 3 rings (SSSR count). The fraction of sp³-hybridized carbons (Fsp3) is 0.318. The van der Waals surface area contributed by atoms with Crippen LogP contribution in [0.25, 0.3) is 0 Å². The molecule has 6 nitrogen and oxygen atoms in total. The minimum Gasteiger partial charge on any atom is -0.496 e. The van der Waals surface area contributed by atoms with Crippen molar-refractivity contribution >= 4 is 46.4 Å². The quantitative estimate of drug-likeness (QED) is 0.589. The van der Waals surface area contributed by atoms with Crippen LogP contribution in [-0.4, -0.2) is 30.1 Å². The molecule has 8 heteroatoms. The van der Waals surface area contributed by atoms with Crippen molar-refractivity contribution < 1.29 is 14.3 Å². The van der Waals surface area contributed by atoms with E-state index in [0.29, 0.717) is 27.6 Å². The van der Waals surface area contributed by atoms with Crippen molar-refractivity contribution in [1.29, 1.82) is 0 Å². The average molecular weight is 446 g/mol. The predicted molar refractivity (Wildman–Crippen MR) is 122 cm³/mol. The molecule has 1 fully saturated rings. The number of thiocarbonyl (C=S) groups is 1. The van der Waals surface area contributed by atoms with E-state index in [4.69, 9.17) is 28.6 Å². The van der Waals surface area contributed by atoms with Crippen molar-refractivity contribution in [1.82, 2.24) is 10.6 Å². The van der Waals surface area contributed by atoms with E-state index in [1.165, 1.54) is 13.5 Å². The van der Waals surface area contributed by atoms with Crippen LogP contribution in [-0.2, 0) is 0 Å². The number of hydrogen-bond acceptors (Lipinski definition) is 4. The normalized spacial score (nSPS) is 13.9. The van der Waals surface area contributed by atoms with Crippen LogP contribution in [0.2, 0.25) is 5.02 Å². The van der Waals surface area contributed by atoms with E-state index >= 15 is 0 Å². The van der Waals surface area contributed by atoms with Crippen LogP contribution in [0.3, 0.4) is 0 Å². The molecule has 30 heavy (non-hydrogen) atoms. The third-order valence-corrected chi connectivity index (χ3v) is 5.52. The van der Waals surface area contributed by atoms with Gasteiger partial charge in [-0.2, -0.15) is 0 Å². The topological polar surface area (TPSA) is 79.5 Å². The van der Waals surface area contributed by atoms with Crippen LogP contribution in [0.4, 0.5) is 5.69 Å². The van der Waals surface area contributed by atoms with Gasteiger partial charge in [0.05, 0.1) is 23.3 Å². The minimum atomic E-state index is -0.394. The van der Waals surface area contributed by atoms with Crippen LogP contribution >= 0.6 is 23.8 Å². The Morgan fingerprint density at radius 2 is 1.77 bits per heavy atom. The molecule has 0 saturated heterocycles. The lowest BCUT2D eigenvalue weighted by Crippen LogP contribution is -2.36. The molecule has 1 aliphatic carbocycles. The third kappa shape index (κ3) is 5.70. The number of para-hydroxylation sites is 1. The van der Waals surface area contributed by atoms with E-state index in [1.807, 2.05) is 0 Å². The molecule has 1 aliphatic rings. The van der Waals surface area contributed by atoms with Crippen molar-refractivity contribution in [3.8, 4) is 5.75 Å². The first kappa shape index (κ1) is 22.1. The van der Waals surface area contributed by atoms with E-state index in [1.54, 1.807) is 42.5 Å². The molecule has 0 heterocycles. The number of carbonyl (C=O) groups is 2. The smallest absolute Gasteiger partial charge is 0.261 e. The summed E-state index contributed by atoms with van der Waals surface area (Å²) in [5, 5.41) is 9.06. The Kier molecular flexibility index (Phi) is 7.65. The van der Waals surface area contributed by atoms with Crippen molar-refractivity contribution in [2.24, 2.45) is 0 Å². The lowest BCUT2D eigenvalue weighted by molar-refractivity contribution is 0.0926. The number of methoxy groups -OCH3 is 1. The van der Waals surface area contributed by atoms with Gasteiger partial charge in [0.2, 0.25) is 0 Å². The molecule has 0 radical (unpaired) electrons. The van der Waals surface area contributed by atoms with E-state index in [9.17, 15) is 9.59 Å². The second-order valence-electron chi connectivity index (χ2n) is 7.11. The molecule has 0 atom stereocenters. The maximum Gasteiger partial charge on any atom is 0.261 e. The molecule has 0 spiro atoms. The standard InChI is InChI=1S/C22H24ClN3O3S/c1-29-19-10-6-5-9-16(19)20(27)26-22(30)25-15-11-12-18(23)17(13-15)21(28)24-14-7-3-2-4-8-14/h5-6,9-14H,2-4,7-8H2,1H3,(H,24,28)(H2,25,26,27,30). The summed E-state index contributed by atoms with van der Waals surface area (Å²) in [4.78, 5) is 25.1. The molecule has 1 saturated carbocycles. The summed E-state index contributed by atoms with van der Waals surface area (Å²) in [5.74, 6) is -0.153. The second kappa shape index (κ2) is 10.4. The number of amides is 2. The highest BCUT2D eigenvalue weighted by Crippen LogP contribution is 2.23. The summed E-state index contributed by atoms with van der Waals surface area (Å²) in [6.45, 7) is 0. The Morgan fingerprint density at radius 3 is 2.50 bits per heavy atom. The summed E-state index contributed by atoms with van der Waals surface area (Å²) in [5.41, 5.74) is 1.29. The molecule has 0 aromatic heterocycles. The first-order valence-corrected chi connectivity index (χ1v) is 10.6. The van der Waals surface area contributed by atoms with Crippen molar-refractivity contribution in [2.75, 3.05) is 12.4 Å². The lowest BCUT2D eigenvalue weighted by Gasteiger charge is -2.23. The van der Waals surface area contributed by atoms with Gasteiger partial charge in [-0.1, -0.05) is 43.0 Å². The van der Waals surface area contributed by atoms with Gasteiger partial charge in [0.25, 0.3) is 11.8 Å². The van der Waals surface area contributed by atoms with E-state index in [2.05, 4.69) is 16.0 Å². The first-order valence-electron chi connectivity index (χ1n) is 9.83. The van der Waals surface area contributed by atoms with Gasteiger partial charge in [0.1, 0.15) is 5.75 Å². The summed E-state index contributed by atoms with van der Waals surface area (Å²) in [7, 11) is 1.50. The number of hydrogen-bond donors (Lipinski definition) is 3. The molecule has 0 unspecified atom stereocenters. The lowest BCUT2D eigenvalue weighted by atomic mass is 9.95. The Morgan fingerprint density at radius 1 is 1.03 bits per heavy atom. The van der Waals surface area contributed by atoms with E-state index in [-0.39, 0.29) is 17.1 Å². The summed E-state index contributed by atoms with van der Waals surface area (Å²) in [6, 6.07) is 12.0. The number of carbonyl (C=O) groups excluding carboxylic acids is 2. The molecule has 0 aliphatic heterocycles. The average Bonchev–Trinajstić information content (AvgIpc) is 2.75. The summed E-state index contributed by atoms with van der Waals surface area (Å²) >= 11 is 11.5. The zero-order valence-corrected chi connectivity index (χ0v) is 18.2. The fourth-order valence-corrected chi connectivity index (χ4v) is 3.87. The van der Waals surface area contributed by atoms with Crippen molar-refractivity contribution in [3.05, 3.63) is 58.6 Å². The Labute approximate surface area is 186 Å². The van der Waals surface area contributed by atoms with Gasteiger partial charge in [0, 0.05) is 11.7 Å². The zero-order valence-electron chi connectivity index (χ0n) is 16.7. The zero-order chi connectivity index (χ0) is 21.5. The van der Waals surface area contributed by atoms with Gasteiger partial charge >= 0.3 is 0 Å². The first-order chi connectivity index (χ1) is 14.5. The maximum absolute atomic E-state index is 12.7. The molecule has 2 aromatic rings. The molecule has 3 N–H and O–H groups in total. The summed E-state index contributed by atoms with van der Waals surface area (Å²) in [6.07, 6.45) is 5.44. The maximum atomic E-state index is 12.7. The number of anilines is 1. The Hall–Kier alpha value is -2.64. The highest BCUT2D eigenvalue weighted by Gasteiger charge is 2.19. The van der Waals surface area contributed by atoms with Crippen LogP contribution in [0.5, 0.6) is 5.75 Å². The van der Waals surface area contributed by atoms with E-state index in [0.717, 1.165) is 25.7 Å². The van der Waals surface area contributed by atoms with E-state index < -0.39 is 5.91 Å². The van der Waals surface area contributed by atoms with Crippen LogP contribution in [0.15, 0.2) is 42.5 Å². The van der Waals surface area contributed by atoms with Gasteiger partial charge in [-0.3, -0.25) is 14.9 Å². The minimum absolute atomic E-state index is 0.104. The van der Waals surface area contributed by atoms with Gasteiger partial charge in [-0.15, -0.1) is 0 Å². The monoisotopic (exact) mass is 445 g/mol. The highest BCUT2D eigenvalue weighted by atomic mass is 35.5. The second-order valence-corrected chi connectivity index (χ2v) is 7.93. The summed E-state index contributed by atoms with van der Waals surface area (Å²) < 4.78 is 5.20. The third-order valence-electron chi connectivity index (χ3n) is 4.99. The van der Waals surface area contributed by atoms with Crippen LogP contribution < -0.4 is 20.7 Å². The molecule has 0 bridgehead atoms. The van der Waals surface area contributed by atoms with Gasteiger partial charge < -0.3 is 15.4 Å². The highest BCUT2D eigenvalue weighted by molar-refractivity contribution is 7.80. The Balaban J connectivity index is 1.64. The Bertz CT molecular complexity index is 945. The number of benzene rings is 2.